The van der Waals surface area contributed by atoms with Gasteiger partial charge in [0.15, 0.2) is 10.7 Å². The Hall–Kier alpha value is -3.24. The maximum Gasteiger partial charge on any atom is 0.355 e. The second-order valence-corrected chi connectivity index (χ2v) is 5.48. The van der Waals surface area contributed by atoms with Gasteiger partial charge in [0.05, 0.1) is 0 Å². The number of ether oxygens (including phenoxy) is 1. The molecular weight excluding hydrogens is 326 g/mol. The number of hydrogen-bond donors (Lipinski definition) is 1. The number of carbonyl (C=O) groups is 1. The van der Waals surface area contributed by atoms with E-state index in [4.69, 9.17) is 9.84 Å². The highest BCUT2D eigenvalue weighted by Gasteiger charge is 2.06. The number of aromatic nitrogens is 3. The highest BCUT2D eigenvalue weighted by molar-refractivity contribution is 7.10. The topological polar surface area (TPSA) is 85.2 Å². The van der Waals surface area contributed by atoms with Crippen LogP contribution < -0.4 is 4.74 Å². The Labute approximate surface area is 141 Å². The summed E-state index contributed by atoms with van der Waals surface area (Å²) in [4.78, 5) is 14.6. The molecular formula is C17H11N3O3S. The molecule has 3 aromatic rings. The van der Waals surface area contributed by atoms with E-state index in [1.165, 1.54) is 16.7 Å². The number of carboxylic acids is 1. The predicted octanol–water partition coefficient (Wildman–Crippen LogP) is 2.61. The van der Waals surface area contributed by atoms with Gasteiger partial charge in [-0.05, 0) is 23.5 Å². The molecule has 24 heavy (non-hydrogen) atoms. The van der Waals surface area contributed by atoms with Crippen molar-refractivity contribution >= 4 is 17.3 Å². The molecule has 6 nitrogen and oxygen atoms in total. The van der Waals surface area contributed by atoms with Crippen molar-refractivity contribution in [3.63, 3.8) is 0 Å². The SMILES string of the molecule is O=C(O)c1csc(C#Cc2ccc(OCc3ccccc3)nn2)n1. The molecule has 2 heterocycles. The van der Waals surface area contributed by atoms with Crippen molar-refractivity contribution in [2.24, 2.45) is 0 Å². The number of nitrogens with zero attached hydrogens (tertiary/aromatic N) is 3. The first-order chi connectivity index (χ1) is 11.7. The Balaban J connectivity index is 1.62. The van der Waals surface area contributed by atoms with Gasteiger partial charge in [0.25, 0.3) is 0 Å². The molecule has 0 amide bonds. The molecule has 1 aromatic carbocycles. The Morgan fingerprint density at radius 2 is 1.96 bits per heavy atom. The first kappa shape index (κ1) is 15.6. The van der Waals surface area contributed by atoms with E-state index in [1.54, 1.807) is 12.1 Å². The van der Waals surface area contributed by atoms with Crippen molar-refractivity contribution in [1.29, 1.82) is 0 Å². The van der Waals surface area contributed by atoms with Gasteiger partial charge in [-0.25, -0.2) is 9.78 Å². The normalized spacial score (nSPS) is 9.83. The van der Waals surface area contributed by atoms with Crippen LogP contribution in [0.3, 0.4) is 0 Å². The number of benzene rings is 1. The van der Waals surface area contributed by atoms with Gasteiger partial charge in [-0.2, -0.15) is 0 Å². The third-order valence-electron chi connectivity index (χ3n) is 2.89. The largest absolute Gasteiger partial charge is 0.476 e. The zero-order valence-corrected chi connectivity index (χ0v) is 13.2. The van der Waals surface area contributed by atoms with E-state index in [-0.39, 0.29) is 5.69 Å². The van der Waals surface area contributed by atoms with Gasteiger partial charge in [0.1, 0.15) is 12.3 Å². The van der Waals surface area contributed by atoms with E-state index in [0.29, 0.717) is 23.2 Å². The van der Waals surface area contributed by atoms with Crippen LogP contribution in [0.5, 0.6) is 5.88 Å². The van der Waals surface area contributed by atoms with Crippen LogP contribution in [-0.2, 0) is 6.61 Å². The van der Waals surface area contributed by atoms with E-state index in [1.807, 2.05) is 30.3 Å². The van der Waals surface area contributed by atoms with Crippen LogP contribution in [0.2, 0.25) is 0 Å². The summed E-state index contributed by atoms with van der Waals surface area (Å²) < 4.78 is 5.54. The van der Waals surface area contributed by atoms with Crippen molar-refractivity contribution in [2.45, 2.75) is 6.61 Å². The van der Waals surface area contributed by atoms with Crippen LogP contribution >= 0.6 is 11.3 Å². The molecule has 0 bridgehead atoms. The molecule has 0 fully saturated rings. The van der Waals surface area contributed by atoms with Crippen LogP contribution in [0.1, 0.15) is 26.8 Å². The summed E-state index contributed by atoms with van der Waals surface area (Å²) >= 11 is 1.17. The average molecular weight is 337 g/mol. The quantitative estimate of drug-likeness (QED) is 0.737. The number of rotatable bonds is 4. The number of aromatic carboxylic acids is 1. The van der Waals surface area contributed by atoms with Crippen LogP contribution in [0, 0.1) is 11.8 Å². The lowest BCUT2D eigenvalue weighted by molar-refractivity contribution is 0.0691. The molecule has 0 aliphatic carbocycles. The summed E-state index contributed by atoms with van der Waals surface area (Å²) in [6.07, 6.45) is 0. The fraction of sp³-hybridized carbons (Fsp3) is 0.0588. The second kappa shape index (κ2) is 7.35. The van der Waals surface area contributed by atoms with Crippen molar-refractivity contribution in [2.75, 3.05) is 0 Å². The van der Waals surface area contributed by atoms with Crippen LogP contribution in [0.4, 0.5) is 0 Å². The van der Waals surface area contributed by atoms with Crippen LogP contribution in [0.25, 0.3) is 0 Å². The summed E-state index contributed by atoms with van der Waals surface area (Å²) in [6, 6.07) is 13.1. The molecule has 0 atom stereocenters. The zero-order chi connectivity index (χ0) is 16.8. The smallest absolute Gasteiger partial charge is 0.355 e. The monoisotopic (exact) mass is 337 g/mol. The van der Waals surface area contributed by atoms with E-state index < -0.39 is 5.97 Å². The van der Waals surface area contributed by atoms with E-state index in [9.17, 15) is 4.79 Å². The van der Waals surface area contributed by atoms with Crippen molar-refractivity contribution < 1.29 is 14.6 Å². The minimum Gasteiger partial charge on any atom is -0.476 e. The van der Waals surface area contributed by atoms with Gasteiger partial charge in [-0.3, -0.25) is 0 Å². The lowest BCUT2D eigenvalue weighted by atomic mass is 10.2. The molecule has 0 saturated carbocycles. The Kier molecular flexibility index (Phi) is 4.79. The highest BCUT2D eigenvalue weighted by atomic mass is 32.1. The van der Waals surface area contributed by atoms with Gasteiger partial charge in [0.2, 0.25) is 5.88 Å². The third-order valence-corrected chi connectivity index (χ3v) is 3.65. The fourth-order valence-corrected chi connectivity index (χ4v) is 2.38. The number of hydrogen-bond acceptors (Lipinski definition) is 6. The molecule has 0 saturated heterocycles. The molecule has 2 aromatic heterocycles. The maximum atomic E-state index is 10.7. The summed E-state index contributed by atoms with van der Waals surface area (Å²) in [7, 11) is 0. The first-order valence-electron chi connectivity index (χ1n) is 6.92. The van der Waals surface area contributed by atoms with Crippen molar-refractivity contribution in [3.8, 4) is 17.7 Å². The zero-order valence-electron chi connectivity index (χ0n) is 12.3. The minimum absolute atomic E-state index is 0.0138. The molecule has 0 aliphatic heterocycles. The van der Waals surface area contributed by atoms with E-state index in [2.05, 4.69) is 27.0 Å². The van der Waals surface area contributed by atoms with Crippen LogP contribution in [-0.4, -0.2) is 26.3 Å². The first-order valence-corrected chi connectivity index (χ1v) is 7.80. The summed E-state index contributed by atoms with van der Waals surface area (Å²) in [5, 5.41) is 18.6. The van der Waals surface area contributed by atoms with Gasteiger partial charge >= 0.3 is 5.97 Å². The maximum absolute atomic E-state index is 10.7. The fourth-order valence-electron chi connectivity index (χ4n) is 1.74. The number of thiazole rings is 1. The molecule has 0 unspecified atom stereocenters. The molecule has 7 heteroatoms. The average Bonchev–Trinajstić information content (AvgIpc) is 3.09. The minimum atomic E-state index is -1.07. The third kappa shape index (κ3) is 4.15. The highest BCUT2D eigenvalue weighted by Crippen LogP contribution is 2.10. The summed E-state index contributed by atoms with van der Waals surface area (Å²) in [6.45, 7) is 0.414. The summed E-state index contributed by atoms with van der Waals surface area (Å²) in [5.74, 6) is 4.89. The van der Waals surface area contributed by atoms with Crippen molar-refractivity contribution in [3.05, 3.63) is 69.8 Å². The van der Waals surface area contributed by atoms with Gasteiger partial charge in [-0.1, -0.05) is 30.3 Å². The Morgan fingerprint density at radius 1 is 1.12 bits per heavy atom. The molecule has 1 N–H and O–H groups in total. The Morgan fingerprint density at radius 3 is 2.62 bits per heavy atom. The summed E-state index contributed by atoms with van der Waals surface area (Å²) in [5.41, 5.74) is 1.48. The van der Waals surface area contributed by atoms with Crippen molar-refractivity contribution in [1.82, 2.24) is 15.2 Å². The van der Waals surface area contributed by atoms with Gasteiger partial charge < -0.3 is 9.84 Å². The predicted molar refractivity (Wildman–Crippen MR) is 87.9 cm³/mol. The molecule has 0 radical (unpaired) electrons. The molecule has 0 spiro atoms. The molecule has 118 valence electrons. The lowest BCUT2D eigenvalue weighted by Crippen LogP contribution is -1.98. The number of carboxylic acid groups (broad SMARTS) is 1. The van der Waals surface area contributed by atoms with E-state index in [0.717, 1.165) is 5.56 Å². The molecule has 0 aliphatic rings. The van der Waals surface area contributed by atoms with Gasteiger partial charge in [-0.15, -0.1) is 21.5 Å². The second-order valence-electron chi connectivity index (χ2n) is 4.62. The van der Waals surface area contributed by atoms with E-state index >= 15 is 0 Å². The molecule has 3 rings (SSSR count). The van der Waals surface area contributed by atoms with Crippen LogP contribution in [0.15, 0.2) is 47.8 Å². The Bertz CT molecular complexity index is 896. The lowest BCUT2D eigenvalue weighted by Gasteiger charge is -2.03. The van der Waals surface area contributed by atoms with Gasteiger partial charge in [0, 0.05) is 11.4 Å². The standard InChI is InChI=1S/C17H11N3O3S/c21-17(22)14-11-24-16(18-14)9-7-13-6-8-15(20-19-13)23-10-12-4-2-1-3-5-12/h1-6,8,11H,10H2,(H,21,22).